The molecule has 1 fully saturated rings. The number of hydrogen-bond donors (Lipinski definition) is 0. The first kappa shape index (κ1) is 14.0. The first-order valence-corrected chi connectivity index (χ1v) is 7.18. The van der Waals surface area contributed by atoms with Crippen molar-refractivity contribution in [3.05, 3.63) is 35.9 Å². The van der Waals surface area contributed by atoms with Gasteiger partial charge in [0.25, 0.3) is 5.24 Å². The van der Waals surface area contributed by atoms with E-state index in [0.29, 0.717) is 6.54 Å². The zero-order valence-electron chi connectivity index (χ0n) is 10.9. The Labute approximate surface area is 119 Å². The van der Waals surface area contributed by atoms with Gasteiger partial charge >= 0.3 is 0 Å². The van der Waals surface area contributed by atoms with E-state index in [9.17, 15) is 4.39 Å². The summed E-state index contributed by atoms with van der Waals surface area (Å²) >= 11 is 4.72. The second kappa shape index (κ2) is 7.25. The maximum atomic E-state index is 13.5. The molecule has 0 heterocycles. The van der Waals surface area contributed by atoms with Crippen molar-refractivity contribution in [2.45, 2.75) is 38.1 Å². The van der Waals surface area contributed by atoms with Crippen LogP contribution in [0.2, 0.25) is 0 Å². The number of hydrogen-bond acceptors (Lipinski definition) is 1. The summed E-state index contributed by atoms with van der Waals surface area (Å²) in [4.78, 5) is 1.64. The largest absolute Gasteiger partial charge is 0.325 e. The normalized spacial score (nSPS) is 15.4. The van der Waals surface area contributed by atoms with Gasteiger partial charge in [-0.15, -0.1) is 0 Å². The summed E-state index contributed by atoms with van der Waals surface area (Å²) < 4.78 is 13.5. The van der Waals surface area contributed by atoms with Crippen LogP contribution in [0.15, 0.2) is 30.3 Å². The van der Waals surface area contributed by atoms with Crippen LogP contribution >= 0.6 is 12.2 Å². The number of halogens is 1. The Morgan fingerprint density at radius 2 is 1.89 bits per heavy atom. The molecule has 0 unspecified atom stereocenters. The van der Waals surface area contributed by atoms with Crippen LogP contribution in [0.1, 0.15) is 37.7 Å². The minimum atomic E-state index is -0.519. The van der Waals surface area contributed by atoms with Crippen molar-refractivity contribution in [2.24, 2.45) is 0 Å². The van der Waals surface area contributed by atoms with Gasteiger partial charge in [0.2, 0.25) is 0 Å². The molecule has 0 aromatic heterocycles. The van der Waals surface area contributed by atoms with Crippen molar-refractivity contribution in [3.8, 4) is 11.8 Å². The van der Waals surface area contributed by atoms with Crippen LogP contribution in [0.4, 0.5) is 4.39 Å². The standard InChI is InChI=1S/C16H18FNS/c17-16(19)18(15-11-5-2-6-12-15)13-7-10-14-8-3-1-4-9-14/h1,3-4,8-9,15H,2,5-6,11-13H2. The molecular weight excluding hydrogens is 257 g/mol. The minimum Gasteiger partial charge on any atom is -0.325 e. The Balaban J connectivity index is 1.97. The number of rotatable bonds is 2. The first-order valence-electron chi connectivity index (χ1n) is 6.77. The molecule has 2 rings (SSSR count). The summed E-state index contributed by atoms with van der Waals surface area (Å²) in [7, 11) is 0. The van der Waals surface area contributed by atoms with Gasteiger partial charge < -0.3 is 4.90 Å². The maximum Gasteiger partial charge on any atom is 0.256 e. The first-order chi connectivity index (χ1) is 9.27. The van der Waals surface area contributed by atoms with E-state index in [0.717, 1.165) is 31.2 Å². The number of thiocarbonyl (C=S) groups is 1. The fourth-order valence-corrected chi connectivity index (χ4v) is 2.69. The highest BCUT2D eigenvalue weighted by molar-refractivity contribution is 7.79. The van der Waals surface area contributed by atoms with E-state index in [1.54, 1.807) is 4.90 Å². The third kappa shape index (κ3) is 4.33. The highest BCUT2D eigenvalue weighted by atomic mass is 32.1. The van der Waals surface area contributed by atoms with E-state index in [1.165, 1.54) is 6.42 Å². The molecule has 1 aliphatic rings. The highest BCUT2D eigenvalue weighted by Gasteiger charge is 2.22. The van der Waals surface area contributed by atoms with Gasteiger partial charge in [-0.25, -0.2) is 0 Å². The molecule has 3 heteroatoms. The zero-order valence-corrected chi connectivity index (χ0v) is 11.8. The van der Waals surface area contributed by atoms with Gasteiger partial charge in [0, 0.05) is 11.6 Å². The fraction of sp³-hybridized carbons (Fsp3) is 0.438. The van der Waals surface area contributed by atoms with Crippen molar-refractivity contribution in [1.82, 2.24) is 4.90 Å². The van der Waals surface area contributed by atoms with E-state index in [1.807, 2.05) is 30.3 Å². The molecular formula is C16H18FNS. The molecule has 0 atom stereocenters. The quantitative estimate of drug-likeness (QED) is 0.348. The van der Waals surface area contributed by atoms with E-state index in [2.05, 4.69) is 11.8 Å². The van der Waals surface area contributed by atoms with Crippen molar-refractivity contribution in [3.63, 3.8) is 0 Å². The summed E-state index contributed by atoms with van der Waals surface area (Å²) in [5, 5.41) is -0.519. The van der Waals surface area contributed by atoms with E-state index >= 15 is 0 Å². The van der Waals surface area contributed by atoms with Crippen molar-refractivity contribution >= 4 is 17.5 Å². The van der Waals surface area contributed by atoms with Gasteiger partial charge in [0.1, 0.15) is 0 Å². The Bertz CT molecular complexity index is 469. The van der Waals surface area contributed by atoms with Gasteiger partial charge in [-0.05, 0) is 37.2 Å². The molecule has 1 saturated carbocycles. The van der Waals surface area contributed by atoms with Crippen molar-refractivity contribution in [2.75, 3.05) is 6.54 Å². The van der Waals surface area contributed by atoms with Crippen LogP contribution in [-0.4, -0.2) is 22.7 Å². The predicted molar refractivity (Wildman–Crippen MR) is 80.6 cm³/mol. The molecule has 0 aliphatic heterocycles. The molecule has 19 heavy (non-hydrogen) atoms. The summed E-state index contributed by atoms with van der Waals surface area (Å²) in [5.74, 6) is 6.08. The van der Waals surface area contributed by atoms with Crippen molar-refractivity contribution in [1.29, 1.82) is 0 Å². The summed E-state index contributed by atoms with van der Waals surface area (Å²) in [5.41, 5.74) is 0.955. The van der Waals surface area contributed by atoms with Gasteiger partial charge in [-0.3, -0.25) is 0 Å². The van der Waals surface area contributed by atoms with Crippen LogP contribution in [-0.2, 0) is 0 Å². The predicted octanol–water partition coefficient (Wildman–Crippen LogP) is 3.93. The van der Waals surface area contributed by atoms with Crippen LogP contribution in [0.5, 0.6) is 0 Å². The molecule has 1 nitrogen and oxygen atoms in total. The van der Waals surface area contributed by atoms with E-state index in [-0.39, 0.29) is 6.04 Å². The molecule has 0 N–H and O–H groups in total. The second-order valence-corrected chi connectivity index (χ2v) is 5.18. The monoisotopic (exact) mass is 275 g/mol. The zero-order chi connectivity index (χ0) is 13.5. The Hall–Kier alpha value is -1.40. The van der Waals surface area contributed by atoms with Gasteiger partial charge in [0.15, 0.2) is 0 Å². The maximum absolute atomic E-state index is 13.5. The lowest BCUT2D eigenvalue weighted by atomic mass is 9.94. The highest BCUT2D eigenvalue weighted by Crippen LogP contribution is 2.23. The Kier molecular flexibility index (Phi) is 5.35. The van der Waals surface area contributed by atoms with Crippen LogP contribution in [0.25, 0.3) is 0 Å². The fourth-order valence-electron chi connectivity index (χ4n) is 2.48. The average molecular weight is 275 g/mol. The molecule has 0 radical (unpaired) electrons. The Morgan fingerprint density at radius 3 is 2.53 bits per heavy atom. The number of benzene rings is 1. The van der Waals surface area contributed by atoms with Gasteiger partial charge in [-0.1, -0.05) is 49.3 Å². The average Bonchev–Trinajstić information content (AvgIpc) is 2.45. The topological polar surface area (TPSA) is 3.24 Å². The molecule has 0 spiro atoms. The summed E-state index contributed by atoms with van der Waals surface area (Å²) in [6.07, 6.45) is 5.62. The minimum absolute atomic E-state index is 0.233. The molecule has 0 amide bonds. The SMILES string of the molecule is FC(=S)N(CC#Cc1ccccc1)C1CCCCC1. The van der Waals surface area contributed by atoms with Crippen LogP contribution in [0.3, 0.4) is 0 Å². The lowest BCUT2D eigenvalue weighted by Crippen LogP contribution is -2.39. The second-order valence-electron chi connectivity index (χ2n) is 4.84. The molecule has 0 saturated heterocycles. The van der Waals surface area contributed by atoms with Crippen LogP contribution < -0.4 is 0 Å². The molecule has 1 aliphatic carbocycles. The molecule has 1 aromatic carbocycles. The van der Waals surface area contributed by atoms with E-state index < -0.39 is 5.24 Å². The number of nitrogens with zero attached hydrogens (tertiary/aromatic N) is 1. The van der Waals surface area contributed by atoms with Crippen molar-refractivity contribution < 1.29 is 4.39 Å². The summed E-state index contributed by atoms with van der Waals surface area (Å²) in [6, 6.07) is 9.98. The molecule has 0 bridgehead atoms. The molecule has 100 valence electrons. The van der Waals surface area contributed by atoms with Gasteiger partial charge in [-0.2, -0.15) is 4.39 Å². The molecule has 1 aromatic rings. The smallest absolute Gasteiger partial charge is 0.256 e. The Morgan fingerprint density at radius 1 is 1.21 bits per heavy atom. The lowest BCUT2D eigenvalue weighted by molar-refractivity contribution is 0.250. The lowest BCUT2D eigenvalue weighted by Gasteiger charge is -2.32. The summed E-state index contributed by atoms with van der Waals surface area (Å²) in [6.45, 7) is 0.384. The van der Waals surface area contributed by atoms with E-state index in [4.69, 9.17) is 12.2 Å². The van der Waals surface area contributed by atoms with Gasteiger partial charge in [0.05, 0.1) is 6.54 Å². The third-order valence-electron chi connectivity index (χ3n) is 3.50. The van der Waals surface area contributed by atoms with Crippen LogP contribution in [0, 0.1) is 11.8 Å². The third-order valence-corrected chi connectivity index (χ3v) is 3.73.